The molecule has 0 atom stereocenters. The minimum absolute atomic E-state index is 0.276. The first-order valence-electron chi connectivity index (χ1n) is 7.57. The van der Waals surface area contributed by atoms with Crippen LogP contribution in [0.25, 0.3) is 0 Å². The van der Waals surface area contributed by atoms with Crippen molar-refractivity contribution in [2.24, 2.45) is 0 Å². The molecule has 1 heterocycles. The normalized spacial score (nSPS) is 14.5. The molecule has 1 aromatic heterocycles. The number of alkyl halides is 3. The number of hydrogen-bond acceptors (Lipinski definition) is 3. The highest BCUT2D eigenvalue weighted by Crippen LogP contribution is 2.38. The third kappa shape index (κ3) is 4.27. The molecule has 2 aromatic rings. The zero-order valence-electron chi connectivity index (χ0n) is 12.7. The molecule has 1 amide bonds. The zero-order chi connectivity index (χ0) is 17.2. The second-order valence-corrected chi connectivity index (χ2v) is 5.58. The Morgan fingerprint density at radius 1 is 1.29 bits per heavy atom. The van der Waals surface area contributed by atoms with Crippen LogP contribution in [0.3, 0.4) is 0 Å². The molecule has 1 aliphatic carbocycles. The summed E-state index contributed by atoms with van der Waals surface area (Å²) >= 11 is 0. The van der Waals surface area contributed by atoms with Crippen LogP contribution in [-0.4, -0.2) is 28.4 Å². The Morgan fingerprint density at radius 2 is 2.00 bits per heavy atom. The van der Waals surface area contributed by atoms with Crippen molar-refractivity contribution in [2.45, 2.75) is 31.7 Å². The lowest BCUT2D eigenvalue weighted by Gasteiger charge is -2.10. The lowest BCUT2D eigenvalue weighted by Crippen LogP contribution is -2.27. The predicted octanol–water partition coefficient (Wildman–Crippen LogP) is 3.09. The summed E-state index contributed by atoms with van der Waals surface area (Å²) in [6, 6.07) is 4.82. The molecule has 3 rings (SSSR count). The number of carbonyl (C=O) groups is 1. The molecule has 8 heteroatoms. The second kappa shape index (κ2) is 6.54. The number of amides is 1. The fraction of sp³-hybridized carbons (Fsp3) is 0.375. The number of nitrogens with one attached hydrogen (secondary N) is 1. The van der Waals surface area contributed by atoms with Gasteiger partial charge in [0, 0.05) is 37.0 Å². The molecular weight excluding hydrogens is 323 g/mol. The van der Waals surface area contributed by atoms with Crippen molar-refractivity contribution in [1.29, 1.82) is 0 Å². The van der Waals surface area contributed by atoms with E-state index < -0.39 is 6.36 Å². The van der Waals surface area contributed by atoms with Crippen molar-refractivity contribution >= 4 is 5.91 Å². The van der Waals surface area contributed by atoms with Crippen LogP contribution in [0.15, 0.2) is 36.7 Å². The lowest BCUT2D eigenvalue weighted by molar-refractivity contribution is -0.274. The van der Waals surface area contributed by atoms with Gasteiger partial charge in [0.15, 0.2) is 0 Å². The number of carbonyl (C=O) groups excluding carboxylic acids is 1. The van der Waals surface area contributed by atoms with E-state index in [4.69, 9.17) is 0 Å². The minimum atomic E-state index is -4.74. The molecular formula is C16H16F3N3O2. The standard InChI is InChI=1S/C16H16F3N3O2/c17-16(18,19)24-13-5-3-12(4-6-13)15(23)21-8-10-22-9-7-20-14(22)11-1-2-11/h3-7,9,11H,1-2,8,10H2,(H,21,23). The van der Waals surface area contributed by atoms with Gasteiger partial charge in [-0.3, -0.25) is 4.79 Å². The van der Waals surface area contributed by atoms with E-state index in [0.717, 1.165) is 30.8 Å². The lowest BCUT2D eigenvalue weighted by atomic mass is 10.2. The first-order valence-corrected chi connectivity index (χ1v) is 7.57. The molecule has 0 unspecified atom stereocenters. The average molecular weight is 339 g/mol. The predicted molar refractivity (Wildman–Crippen MR) is 79.7 cm³/mol. The molecule has 5 nitrogen and oxygen atoms in total. The number of nitrogens with zero attached hydrogens (tertiary/aromatic N) is 2. The van der Waals surface area contributed by atoms with Gasteiger partial charge in [-0.15, -0.1) is 13.2 Å². The number of imidazole rings is 1. The van der Waals surface area contributed by atoms with Gasteiger partial charge in [-0.1, -0.05) is 0 Å². The first-order chi connectivity index (χ1) is 11.4. The number of aromatic nitrogens is 2. The first kappa shape index (κ1) is 16.4. The van der Waals surface area contributed by atoms with Gasteiger partial charge < -0.3 is 14.6 Å². The maximum Gasteiger partial charge on any atom is 0.573 e. The van der Waals surface area contributed by atoms with Gasteiger partial charge in [0.25, 0.3) is 5.91 Å². The number of halogens is 3. The van der Waals surface area contributed by atoms with E-state index in [1.165, 1.54) is 12.1 Å². The summed E-state index contributed by atoms with van der Waals surface area (Å²) in [5.74, 6) is 0.864. The Balaban J connectivity index is 1.50. The van der Waals surface area contributed by atoms with E-state index in [-0.39, 0.29) is 17.2 Å². The van der Waals surface area contributed by atoms with E-state index in [1.807, 2.05) is 10.8 Å². The van der Waals surface area contributed by atoms with Crippen molar-refractivity contribution in [3.05, 3.63) is 48.0 Å². The van der Waals surface area contributed by atoms with Crippen LogP contribution < -0.4 is 10.1 Å². The van der Waals surface area contributed by atoms with Gasteiger partial charge in [-0.05, 0) is 37.1 Å². The van der Waals surface area contributed by atoms with E-state index in [9.17, 15) is 18.0 Å². The smallest absolute Gasteiger partial charge is 0.406 e. The second-order valence-electron chi connectivity index (χ2n) is 5.58. The number of rotatable bonds is 6. The molecule has 1 N–H and O–H groups in total. The highest BCUT2D eigenvalue weighted by molar-refractivity contribution is 5.94. The summed E-state index contributed by atoms with van der Waals surface area (Å²) in [4.78, 5) is 16.3. The highest BCUT2D eigenvalue weighted by atomic mass is 19.4. The van der Waals surface area contributed by atoms with Gasteiger partial charge in [0.05, 0.1) is 0 Å². The van der Waals surface area contributed by atoms with Crippen LogP contribution >= 0.6 is 0 Å². The average Bonchev–Trinajstić information content (AvgIpc) is 3.26. The molecule has 0 spiro atoms. The minimum Gasteiger partial charge on any atom is -0.406 e. The van der Waals surface area contributed by atoms with E-state index >= 15 is 0 Å². The monoisotopic (exact) mass is 339 g/mol. The fourth-order valence-corrected chi connectivity index (χ4v) is 2.41. The third-order valence-corrected chi connectivity index (χ3v) is 3.68. The zero-order valence-corrected chi connectivity index (χ0v) is 12.7. The summed E-state index contributed by atoms with van der Waals surface area (Å²) in [5.41, 5.74) is 0.276. The molecule has 0 radical (unpaired) electrons. The van der Waals surface area contributed by atoms with Crippen molar-refractivity contribution < 1.29 is 22.7 Å². The molecule has 1 aliphatic rings. The number of benzene rings is 1. The van der Waals surface area contributed by atoms with Crippen LogP contribution in [0.4, 0.5) is 13.2 Å². The van der Waals surface area contributed by atoms with Crippen LogP contribution in [0.5, 0.6) is 5.75 Å². The number of ether oxygens (including phenoxy) is 1. The topological polar surface area (TPSA) is 56.2 Å². The van der Waals surface area contributed by atoms with Gasteiger partial charge in [-0.2, -0.15) is 0 Å². The summed E-state index contributed by atoms with van der Waals surface area (Å²) < 4.78 is 42.0. The molecule has 128 valence electrons. The van der Waals surface area contributed by atoms with Crippen molar-refractivity contribution in [2.75, 3.05) is 6.54 Å². The number of hydrogen-bond donors (Lipinski definition) is 1. The van der Waals surface area contributed by atoms with Crippen molar-refractivity contribution in [1.82, 2.24) is 14.9 Å². The van der Waals surface area contributed by atoms with Gasteiger partial charge in [-0.25, -0.2) is 4.98 Å². The summed E-state index contributed by atoms with van der Waals surface area (Å²) in [6.45, 7) is 1.02. The molecule has 1 fully saturated rings. The van der Waals surface area contributed by atoms with Crippen molar-refractivity contribution in [3.63, 3.8) is 0 Å². The van der Waals surface area contributed by atoms with E-state index in [2.05, 4.69) is 15.0 Å². The molecule has 24 heavy (non-hydrogen) atoms. The Hall–Kier alpha value is -2.51. The van der Waals surface area contributed by atoms with Gasteiger partial charge in [0.1, 0.15) is 11.6 Å². The molecule has 0 aliphatic heterocycles. The van der Waals surface area contributed by atoms with Crippen LogP contribution in [0.1, 0.15) is 34.9 Å². The van der Waals surface area contributed by atoms with Crippen LogP contribution in [0, 0.1) is 0 Å². The molecule has 0 bridgehead atoms. The Kier molecular flexibility index (Phi) is 4.46. The maximum atomic E-state index is 12.1. The Morgan fingerprint density at radius 3 is 2.62 bits per heavy atom. The van der Waals surface area contributed by atoms with Gasteiger partial charge >= 0.3 is 6.36 Å². The van der Waals surface area contributed by atoms with E-state index in [1.54, 1.807) is 6.20 Å². The Bertz CT molecular complexity index is 706. The fourth-order valence-electron chi connectivity index (χ4n) is 2.41. The van der Waals surface area contributed by atoms with Crippen LogP contribution in [-0.2, 0) is 6.54 Å². The summed E-state index contributed by atoms with van der Waals surface area (Å²) in [7, 11) is 0. The molecule has 1 aromatic carbocycles. The summed E-state index contributed by atoms with van der Waals surface area (Å²) in [5, 5.41) is 2.74. The van der Waals surface area contributed by atoms with Crippen LogP contribution in [0.2, 0.25) is 0 Å². The summed E-state index contributed by atoms with van der Waals surface area (Å²) in [6.07, 6.45) is 1.18. The largest absolute Gasteiger partial charge is 0.573 e. The molecule has 1 saturated carbocycles. The SMILES string of the molecule is O=C(NCCn1ccnc1C1CC1)c1ccc(OC(F)(F)F)cc1. The van der Waals surface area contributed by atoms with Gasteiger partial charge in [0.2, 0.25) is 0 Å². The van der Waals surface area contributed by atoms with E-state index in [0.29, 0.717) is 19.0 Å². The molecule has 0 saturated heterocycles. The third-order valence-electron chi connectivity index (χ3n) is 3.68. The highest BCUT2D eigenvalue weighted by Gasteiger charge is 2.31. The quantitative estimate of drug-likeness (QED) is 0.880. The van der Waals surface area contributed by atoms with Crippen molar-refractivity contribution in [3.8, 4) is 5.75 Å². The maximum absolute atomic E-state index is 12.1. The Labute approximate surface area is 136 Å².